The summed E-state index contributed by atoms with van der Waals surface area (Å²) in [5.74, 6) is -0.182. The number of H-pyrrole nitrogens is 1. The number of amides is 1. The van der Waals surface area contributed by atoms with E-state index < -0.39 is 23.4 Å². The van der Waals surface area contributed by atoms with Crippen LogP contribution in [0.4, 0.5) is 24.7 Å². The van der Waals surface area contributed by atoms with Crippen molar-refractivity contribution < 1.29 is 23.1 Å². The zero-order valence-electron chi connectivity index (χ0n) is 19.5. The van der Waals surface area contributed by atoms with Crippen molar-refractivity contribution in [1.29, 1.82) is 0 Å². The number of halogens is 3. The van der Waals surface area contributed by atoms with Crippen molar-refractivity contribution in [2.45, 2.75) is 12.6 Å². The third kappa shape index (κ3) is 5.19. The monoisotopic (exact) mass is 512 g/mol. The Kier molecular flexibility index (Phi) is 6.42. The molecule has 37 heavy (non-hydrogen) atoms. The summed E-state index contributed by atoms with van der Waals surface area (Å²) in [7, 11) is 0. The van der Waals surface area contributed by atoms with Gasteiger partial charge in [-0.05, 0) is 42.3 Å². The lowest BCUT2D eigenvalue weighted by molar-refractivity contribution is -0.137. The highest BCUT2D eigenvalue weighted by Gasteiger charge is 2.30. The maximum atomic E-state index is 13.0. The first-order valence-electron chi connectivity index (χ1n) is 11.6. The summed E-state index contributed by atoms with van der Waals surface area (Å²) in [6.07, 6.45) is -2.83. The van der Waals surface area contributed by atoms with Crippen molar-refractivity contribution in [3.63, 3.8) is 0 Å². The molecule has 0 bridgehead atoms. The van der Waals surface area contributed by atoms with E-state index in [1.54, 1.807) is 12.1 Å². The average Bonchev–Trinajstić information content (AvgIpc) is 3.11. The lowest BCUT2D eigenvalue weighted by Crippen LogP contribution is -2.38. The van der Waals surface area contributed by atoms with Gasteiger partial charge in [0.15, 0.2) is 11.6 Å². The topological polar surface area (TPSA) is 114 Å². The van der Waals surface area contributed by atoms with Gasteiger partial charge in [-0.2, -0.15) is 18.3 Å². The summed E-state index contributed by atoms with van der Waals surface area (Å²) in [6.45, 7) is 2.33. The molecule has 1 fully saturated rings. The van der Waals surface area contributed by atoms with Gasteiger partial charge >= 0.3 is 6.18 Å². The molecule has 0 radical (unpaired) electrons. The SMILES string of the molecule is O=C(/C(O)=C/c1cccc(C(F)(F)F)c1)N1CCCN(CC2=Nc3n[nH]c(=O)c4cccc(c34)N2)CC1. The number of aliphatic imine (C=N–C) groups is 1. The fourth-order valence-corrected chi connectivity index (χ4v) is 4.50. The Bertz CT molecular complexity index is 1480. The summed E-state index contributed by atoms with van der Waals surface area (Å²) in [4.78, 5) is 33.0. The third-order valence-electron chi connectivity index (χ3n) is 6.30. The van der Waals surface area contributed by atoms with Crippen molar-refractivity contribution in [2.24, 2.45) is 4.99 Å². The van der Waals surface area contributed by atoms with Gasteiger partial charge in [0.25, 0.3) is 11.5 Å². The standard InChI is InChI=1S/C25H23F3N6O3/c26-25(27,28)16-5-1-4-15(12-16)13-19(35)24(37)34-9-3-8-33(10-11-34)14-20-29-18-7-2-6-17-21(18)22(30-20)31-32-23(17)36/h1-2,4-7,12-13,35H,3,8-11,14H2,(H,32,36)(H,29,30,31)/b19-13-. The number of hydrogen-bond donors (Lipinski definition) is 3. The van der Waals surface area contributed by atoms with Crippen LogP contribution in [0.3, 0.4) is 0 Å². The second kappa shape index (κ2) is 9.69. The molecule has 0 saturated carbocycles. The van der Waals surface area contributed by atoms with E-state index in [2.05, 4.69) is 25.4 Å². The van der Waals surface area contributed by atoms with E-state index in [1.165, 1.54) is 17.0 Å². The van der Waals surface area contributed by atoms with Crippen LogP contribution in [0.25, 0.3) is 16.8 Å². The molecule has 0 spiro atoms. The molecule has 0 unspecified atom stereocenters. The number of nitrogens with zero attached hydrogens (tertiary/aromatic N) is 4. The number of aliphatic hydroxyl groups is 1. The van der Waals surface area contributed by atoms with Crippen LogP contribution in [0, 0.1) is 0 Å². The van der Waals surface area contributed by atoms with Crippen molar-refractivity contribution in [2.75, 3.05) is 38.0 Å². The van der Waals surface area contributed by atoms with Gasteiger partial charge in [-0.1, -0.05) is 18.2 Å². The Morgan fingerprint density at radius 3 is 2.73 bits per heavy atom. The molecule has 192 valence electrons. The Morgan fingerprint density at radius 2 is 1.92 bits per heavy atom. The van der Waals surface area contributed by atoms with Crippen LogP contribution in [-0.4, -0.2) is 69.6 Å². The molecule has 9 nitrogen and oxygen atoms in total. The number of anilines is 1. The molecule has 3 aromatic rings. The predicted octanol–water partition coefficient (Wildman–Crippen LogP) is 3.53. The molecule has 2 aliphatic rings. The fourth-order valence-electron chi connectivity index (χ4n) is 4.50. The maximum Gasteiger partial charge on any atom is 0.416 e. The Labute approximate surface area is 208 Å². The van der Waals surface area contributed by atoms with Gasteiger partial charge in [0.05, 0.1) is 28.6 Å². The number of rotatable bonds is 4. The van der Waals surface area contributed by atoms with E-state index in [9.17, 15) is 27.9 Å². The number of aromatic nitrogens is 2. The van der Waals surface area contributed by atoms with Crippen LogP contribution >= 0.6 is 0 Å². The highest BCUT2D eigenvalue weighted by Crippen LogP contribution is 2.32. The van der Waals surface area contributed by atoms with Gasteiger partial charge in [0.1, 0.15) is 5.84 Å². The Hall–Kier alpha value is -4.19. The van der Waals surface area contributed by atoms with Gasteiger partial charge < -0.3 is 15.3 Å². The van der Waals surface area contributed by atoms with Crippen molar-refractivity contribution in [3.05, 3.63) is 69.7 Å². The molecular weight excluding hydrogens is 489 g/mol. The molecule has 5 rings (SSSR count). The number of aromatic amines is 1. The first-order valence-corrected chi connectivity index (χ1v) is 11.6. The molecular formula is C25H23F3N6O3. The van der Waals surface area contributed by atoms with Crippen LogP contribution < -0.4 is 10.9 Å². The van der Waals surface area contributed by atoms with E-state index >= 15 is 0 Å². The first-order chi connectivity index (χ1) is 17.7. The number of benzene rings is 2. The summed E-state index contributed by atoms with van der Waals surface area (Å²) < 4.78 is 38.9. The molecule has 3 N–H and O–H groups in total. The smallest absolute Gasteiger partial charge is 0.416 e. The molecule has 1 amide bonds. The number of nitrogens with one attached hydrogen (secondary N) is 2. The Morgan fingerprint density at radius 1 is 1.11 bits per heavy atom. The molecule has 12 heteroatoms. The minimum atomic E-state index is -4.52. The predicted molar refractivity (Wildman–Crippen MR) is 133 cm³/mol. The van der Waals surface area contributed by atoms with Crippen LogP contribution in [0.5, 0.6) is 0 Å². The number of amidine groups is 1. The highest BCUT2D eigenvalue weighted by molar-refractivity contribution is 6.12. The average molecular weight is 512 g/mol. The second-order valence-electron chi connectivity index (χ2n) is 8.86. The van der Waals surface area contributed by atoms with E-state index in [0.717, 1.165) is 23.9 Å². The number of aliphatic hydroxyl groups excluding tert-OH is 1. The molecule has 2 aromatic carbocycles. The van der Waals surface area contributed by atoms with E-state index in [-0.39, 0.29) is 11.1 Å². The minimum Gasteiger partial charge on any atom is -0.503 e. The van der Waals surface area contributed by atoms with Crippen LogP contribution in [0.15, 0.2) is 58.0 Å². The van der Waals surface area contributed by atoms with Gasteiger partial charge in [0.2, 0.25) is 0 Å². The molecule has 0 atom stereocenters. The fraction of sp³-hybridized carbons (Fsp3) is 0.280. The number of hydrogen-bond acceptors (Lipinski definition) is 7. The van der Waals surface area contributed by atoms with E-state index in [4.69, 9.17) is 0 Å². The molecule has 3 heterocycles. The Balaban J connectivity index is 1.25. The summed E-state index contributed by atoms with van der Waals surface area (Å²) in [5, 5.41) is 21.3. The van der Waals surface area contributed by atoms with Gasteiger partial charge in [-0.3, -0.25) is 14.5 Å². The van der Waals surface area contributed by atoms with Crippen LogP contribution in [-0.2, 0) is 11.0 Å². The van der Waals surface area contributed by atoms with Crippen molar-refractivity contribution in [1.82, 2.24) is 20.0 Å². The van der Waals surface area contributed by atoms with Crippen LogP contribution in [0.1, 0.15) is 17.5 Å². The molecule has 1 saturated heterocycles. The van der Waals surface area contributed by atoms with Gasteiger partial charge in [-0.25, -0.2) is 10.1 Å². The van der Waals surface area contributed by atoms with Crippen molar-refractivity contribution >= 4 is 40.1 Å². The zero-order chi connectivity index (χ0) is 26.2. The van der Waals surface area contributed by atoms with E-state index in [0.29, 0.717) is 61.6 Å². The second-order valence-corrected chi connectivity index (χ2v) is 8.86. The molecule has 2 aliphatic heterocycles. The van der Waals surface area contributed by atoms with Crippen LogP contribution in [0.2, 0.25) is 0 Å². The van der Waals surface area contributed by atoms with Crippen molar-refractivity contribution in [3.8, 4) is 0 Å². The normalized spacial score (nSPS) is 16.8. The minimum absolute atomic E-state index is 0.0868. The first kappa shape index (κ1) is 24.5. The summed E-state index contributed by atoms with van der Waals surface area (Å²) >= 11 is 0. The maximum absolute atomic E-state index is 13.0. The molecule has 1 aromatic heterocycles. The van der Waals surface area contributed by atoms with Gasteiger partial charge in [0, 0.05) is 26.2 Å². The third-order valence-corrected chi connectivity index (χ3v) is 6.30. The van der Waals surface area contributed by atoms with E-state index in [1.807, 2.05) is 6.07 Å². The quantitative estimate of drug-likeness (QED) is 0.364. The lowest BCUT2D eigenvalue weighted by atomic mass is 10.1. The summed E-state index contributed by atoms with van der Waals surface area (Å²) in [6, 6.07) is 9.77. The highest BCUT2D eigenvalue weighted by atomic mass is 19.4. The molecule has 0 aliphatic carbocycles. The largest absolute Gasteiger partial charge is 0.503 e. The van der Waals surface area contributed by atoms with Gasteiger partial charge in [-0.15, -0.1) is 0 Å². The number of carbonyl (C=O) groups excluding carboxylic acids is 1. The zero-order valence-corrected chi connectivity index (χ0v) is 19.5. The summed E-state index contributed by atoms with van der Waals surface area (Å²) in [5.41, 5.74) is -0.314. The number of alkyl halides is 3. The number of carbonyl (C=O) groups is 1. The lowest BCUT2D eigenvalue weighted by Gasteiger charge is -2.24.